The minimum Gasteiger partial charge on any atom is -0.497 e. The van der Waals surface area contributed by atoms with Crippen LogP contribution in [0.3, 0.4) is 0 Å². The lowest BCUT2D eigenvalue weighted by Gasteiger charge is -2.12. The molecule has 1 aromatic carbocycles. The largest absolute Gasteiger partial charge is 0.497 e. The van der Waals surface area contributed by atoms with Crippen molar-refractivity contribution in [2.24, 2.45) is 5.18 Å². The number of benzene rings is 1. The highest BCUT2D eigenvalue weighted by Crippen LogP contribution is 2.32. The Morgan fingerprint density at radius 3 is 2.77 bits per heavy atom. The third-order valence-corrected chi connectivity index (χ3v) is 2.92. The Labute approximate surface area is 126 Å². The van der Waals surface area contributed by atoms with Crippen molar-refractivity contribution in [3.8, 4) is 22.9 Å². The van der Waals surface area contributed by atoms with Gasteiger partial charge in [-0.2, -0.15) is 0 Å². The highest BCUT2D eigenvalue weighted by molar-refractivity contribution is 5.69. The van der Waals surface area contributed by atoms with Crippen LogP contribution in [0.1, 0.15) is 13.3 Å². The van der Waals surface area contributed by atoms with E-state index in [4.69, 9.17) is 15.2 Å². The number of nitrogens with zero attached hydrogens (tertiary/aromatic N) is 2. The molecule has 8 heteroatoms. The molecule has 3 N–H and O–H groups in total. The topological polar surface area (TPSA) is 120 Å². The number of hydrogen-bond donors (Lipinski definition) is 2. The molecule has 8 nitrogen and oxygen atoms in total. The molecule has 0 radical (unpaired) electrons. The highest BCUT2D eigenvalue weighted by atomic mass is 16.5. The molecule has 1 aromatic heterocycles. The summed E-state index contributed by atoms with van der Waals surface area (Å²) in [6.45, 7) is 2.48. The number of nitrogens with one attached hydrogen (secondary N) is 1. The summed E-state index contributed by atoms with van der Waals surface area (Å²) >= 11 is 0. The monoisotopic (exact) mass is 304 g/mol. The van der Waals surface area contributed by atoms with Gasteiger partial charge in [-0.3, -0.25) is 4.79 Å². The molecule has 22 heavy (non-hydrogen) atoms. The molecular formula is C14H16N4O4. The third kappa shape index (κ3) is 3.05. The van der Waals surface area contributed by atoms with Gasteiger partial charge < -0.3 is 20.2 Å². The molecule has 2 aromatic rings. The van der Waals surface area contributed by atoms with E-state index < -0.39 is 11.2 Å². The number of nitroso groups, excluding NO2 is 1. The van der Waals surface area contributed by atoms with Crippen LogP contribution in [0.5, 0.6) is 11.5 Å². The molecule has 0 saturated carbocycles. The maximum Gasteiger partial charge on any atom is 0.282 e. The molecule has 0 saturated heterocycles. The van der Waals surface area contributed by atoms with Gasteiger partial charge in [0.05, 0.1) is 19.3 Å². The molecule has 0 amide bonds. The van der Waals surface area contributed by atoms with Crippen LogP contribution in [0.25, 0.3) is 11.4 Å². The standard InChI is InChI=1S/C14H16N4O4/c1-3-6-22-10-5-4-8(21-2)7-9(10)13-16-12(15)11(18-20)14(19)17-13/h4-5,7H,3,6H2,1-2H3,(H3,15,16,17,19). The third-order valence-electron chi connectivity index (χ3n) is 2.92. The van der Waals surface area contributed by atoms with Gasteiger partial charge in [-0.05, 0) is 29.8 Å². The van der Waals surface area contributed by atoms with E-state index in [1.165, 1.54) is 7.11 Å². The summed E-state index contributed by atoms with van der Waals surface area (Å²) in [5, 5.41) is 2.57. The van der Waals surface area contributed by atoms with Crippen LogP contribution in [0.2, 0.25) is 0 Å². The van der Waals surface area contributed by atoms with E-state index >= 15 is 0 Å². The molecule has 0 aliphatic carbocycles. The number of methoxy groups -OCH3 is 1. The molecule has 1 heterocycles. The van der Waals surface area contributed by atoms with Crippen molar-refractivity contribution in [3.05, 3.63) is 33.5 Å². The second-order valence-electron chi connectivity index (χ2n) is 4.45. The van der Waals surface area contributed by atoms with Crippen molar-refractivity contribution in [1.82, 2.24) is 9.97 Å². The molecule has 0 unspecified atom stereocenters. The quantitative estimate of drug-likeness (QED) is 0.789. The summed E-state index contributed by atoms with van der Waals surface area (Å²) in [4.78, 5) is 28.9. The Hall–Kier alpha value is -2.90. The first-order chi connectivity index (χ1) is 10.6. The molecule has 0 fully saturated rings. The summed E-state index contributed by atoms with van der Waals surface area (Å²) < 4.78 is 10.8. The maximum absolute atomic E-state index is 11.8. The zero-order chi connectivity index (χ0) is 16.1. The molecule has 2 rings (SSSR count). The van der Waals surface area contributed by atoms with E-state index in [-0.39, 0.29) is 11.6 Å². The van der Waals surface area contributed by atoms with Gasteiger partial charge in [0.25, 0.3) is 5.56 Å². The van der Waals surface area contributed by atoms with E-state index in [0.717, 1.165) is 6.42 Å². The lowest BCUT2D eigenvalue weighted by atomic mass is 10.1. The number of nitrogens with two attached hydrogens (primary N) is 1. The Balaban J connectivity index is 2.59. The van der Waals surface area contributed by atoms with E-state index in [9.17, 15) is 9.70 Å². The second-order valence-corrected chi connectivity index (χ2v) is 4.45. The van der Waals surface area contributed by atoms with Gasteiger partial charge in [0.15, 0.2) is 5.82 Å². The summed E-state index contributed by atoms with van der Waals surface area (Å²) in [6, 6.07) is 5.11. The molecular weight excluding hydrogens is 288 g/mol. The number of H-pyrrole nitrogens is 1. The lowest BCUT2D eigenvalue weighted by Crippen LogP contribution is -2.12. The average molecular weight is 304 g/mol. The Morgan fingerprint density at radius 1 is 1.41 bits per heavy atom. The lowest BCUT2D eigenvalue weighted by molar-refractivity contribution is 0.317. The predicted octanol–water partition coefficient (Wildman–Crippen LogP) is 2.21. The maximum atomic E-state index is 11.8. The molecule has 0 aliphatic heterocycles. The van der Waals surface area contributed by atoms with Gasteiger partial charge in [0.1, 0.15) is 17.3 Å². The summed E-state index contributed by atoms with van der Waals surface area (Å²) in [6.07, 6.45) is 0.825. The fraction of sp³-hybridized carbons (Fsp3) is 0.286. The van der Waals surface area contributed by atoms with Crippen molar-refractivity contribution in [2.45, 2.75) is 13.3 Å². The summed E-state index contributed by atoms with van der Waals surface area (Å²) in [5.41, 5.74) is 4.95. The summed E-state index contributed by atoms with van der Waals surface area (Å²) in [7, 11) is 1.52. The van der Waals surface area contributed by atoms with Crippen molar-refractivity contribution >= 4 is 11.5 Å². The van der Waals surface area contributed by atoms with Crippen LogP contribution < -0.4 is 20.8 Å². The second kappa shape index (κ2) is 6.70. The van der Waals surface area contributed by atoms with Gasteiger partial charge in [0.2, 0.25) is 5.69 Å². The number of aromatic amines is 1. The van der Waals surface area contributed by atoms with Gasteiger partial charge in [0, 0.05) is 0 Å². The van der Waals surface area contributed by atoms with Crippen molar-refractivity contribution in [3.63, 3.8) is 0 Å². The first kappa shape index (κ1) is 15.5. The van der Waals surface area contributed by atoms with Gasteiger partial charge >= 0.3 is 0 Å². The highest BCUT2D eigenvalue weighted by Gasteiger charge is 2.15. The predicted molar refractivity (Wildman–Crippen MR) is 82.5 cm³/mol. The van der Waals surface area contributed by atoms with Crippen LogP contribution in [-0.4, -0.2) is 23.7 Å². The normalized spacial score (nSPS) is 10.3. The molecule has 0 bridgehead atoms. The van der Waals surface area contributed by atoms with Crippen LogP contribution >= 0.6 is 0 Å². The van der Waals surface area contributed by atoms with Crippen molar-refractivity contribution in [1.29, 1.82) is 0 Å². The number of hydrogen-bond acceptors (Lipinski definition) is 7. The molecule has 0 spiro atoms. The fourth-order valence-corrected chi connectivity index (χ4v) is 1.86. The van der Waals surface area contributed by atoms with E-state index in [2.05, 4.69) is 15.1 Å². The number of aromatic nitrogens is 2. The first-order valence-electron chi connectivity index (χ1n) is 6.65. The Bertz CT molecular complexity index is 742. The van der Waals surface area contributed by atoms with Crippen LogP contribution in [0, 0.1) is 4.91 Å². The van der Waals surface area contributed by atoms with E-state index in [0.29, 0.717) is 23.7 Å². The van der Waals surface area contributed by atoms with Crippen LogP contribution in [0.15, 0.2) is 28.2 Å². The minimum atomic E-state index is -0.707. The number of nitrogen functional groups attached to an aromatic ring is 1. The molecule has 0 aliphatic rings. The van der Waals surface area contributed by atoms with E-state index in [1.54, 1.807) is 18.2 Å². The van der Waals surface area contributed by atoms with Gasteiger partial charge in [-0.25, -0.2) is 4.98 Å². The summed E-state index contributed by atoms with van der Waals surface area (Å²) in [5.74, 6) is 1.03. The van der Waals surface area contributed by atoms with Crippen molar-refractivity contribution in [2.75, 3.05) is 19.5 Å². The Morgan fingerprint density at radius 2 is 2.18 bits per heavy atom. The number of anilines is 1. The Kier molecular flexibility index (Phi) is 4.72. The van der Waals surface area contributed by atoms with Crippen LogP contribution in [-0.2, 0) is 0 Å². The smallest absolute Gasteiger partial charge is 0.282 e. The van der Waals surface area contributed by atoms with Crippen molar-refractivity contribution < 1.29 is 9.47 Å². The minimum absolute atomic E-state index is 0.180. The number of rotatable bonds is 6. The average Bonchev–Trinajstić information content (AvgIpc) is 2.52. The van der Waals surface area contributed by atoms with E-state index in [1.807, 2.05) is 6.92 Å². The van der Waals surface area contributed by atoms with Gasteiger partial charge in [-0.15, -0.1) is 4.91 Å². The fourth-order valence-electron chi connectivity index (χ4n) is 1.86. The number of ether oxygens (including phenoxy) is 2. The van der Waals surface area contributed by atoms with Gasteiger partial charge in [-0.1, -0.05) is 6.92 Å². The SMILES string of the molecule is CCCOc1ccc(OC)cc1-c1nc(N)c(N=O)c(=O)[nH]1. The molecule has 0 atom stereocenters. The first-order valence-corrected chi connectivity index (χ1v) is 6.65. The van der Waals surface area contributed by atoms with Crippen LogP contribution in [0.4, 0.5) is 11.5 Å². The zero-order valence-corrected chi connectivity index (χ0v) is 12.3. The molecule has 116 valence electrons. The zero-order valence-electron chi connectivity index (χ0n) is 12.3.